The molecule has 1 amide bonds. The number of ether oxygens (including phenoxy) is 1. The molecule has 0 radical (unpaired) electrons. The summed E-state index contributed by atoms with van der Waals surface area (Å²) in [5.41, 5.74) is 3.15. The Morgan fingerprint density at radius 2 is 1.92 bits per heavy atom. The number of aromatic nitrogens is 3. The first kappa shape index (κ1) is 26.1. The van der Waals surface area contributed by atoms with Crippen LogP contribution in [0, 0.1) is 18.8 Å². The molecule has 1 N–H and O–H groups in total. The van der Waals surface area contributed by atoms with Crippen molar-refractivity contribution in [3.63, 3.8) is 0 Å². The predicted molar refractivity (Wildman–Crippen MR) is 135 cm³/mol. The molecule has 3 heterocycles. The topological polar surface area (TPSA) is 80.5 Å². The fraction of sp³-hybridized carbons (Fsp3) is 0.679. The molecular formula is C28H38F2N4O3. The Morgan fingerprint density at radius 3 is 2.62 bits per heavy atom. The molecule has 37 heavy (non-hydrogen) atoms. The highest BCUT2D eigenvalue weighted by atomic mass is 19.3. The number of aryl methyl sites for hydroxylation is 2. The van der Waals surface area contributed by atoms with E-state index in [1.165, 1.54) is 0 Å². The van der Waals surface area contributed by atoms with Gasteiger partial charge in [-0.1, -0.05) is 6.07 Å². The molecule has 9 heteroatoms. The van der Waals surface area contributed by atoms with Gasteiger partial charge in [0.2, 0.25) is 12.3 Å². The van der Waals surface area contributed by atoms with E-state index in [9.17, 15) is 18.7 Å². The monoisotopic (exact) mass is 516 g/mol. The molecule has 5 rings (SSSR count). The molecule has 0 bridgehead atoms. The average Bonchev–Trinajstić information content (AvgIpc) is 3.27. The van der Waals surface area contributed by atoms with Gasteiger partial charge in [0.15, 0.2) is 5.69 Å². The van der Waals surface area contributed by atoms with Crippen molar-refractivity contribution < 1.29 is 23.4 Å². The summed E-state index contributed by atoms with van der Waals surface area (Å²) >= 11 is 0. The highest BCUT2D eigenvalue weighted by Crippen LogP contribution is 2.34. The lowest BCUT2D eigenvalue weighted by Crippen LogP contribution is -2.40. The second kappa shape index (κ2) is 11.5. The first-order valence-electron chi connectivity index (χ1n) is 13.8. The van der Waals surface area contributed by atoms with E-state index < -0.39 is 12.3 Å². The Bertz CT molecular complexity index is 1080. The largest absolute Gasteiger partial charge is 0.474 e. The molecule has 2 aromatic heterocycles. The van der Waals surface area contributed by atoms with Crippen molar-refractivity contribution in [1.29, 1.82) is 0 Å². The first-order valence-corrected chi connectivity index (χ1v) is 13.8. The van der Waals surface area contributed by atoms with Crippen molar-refractivity contribution in [1.82, 2.24) is 19.7 Å². The van der Waals surface area contributed by atoms with Crippen LogP contribution in [0.3, 0.4) is 0 Å². The van der Waals surface area contributed by atoms with Gasteiger partial charge in [-0.2, -0.15) is 5.10 Å². The number of likely N-dealkylation sites (tertiary alicyclic amines) is 1. The number of alkyl halides is 2. The number of amides is 1. The molecular weight excluding hydrogens is 478 g/mol. The van der Waals surface area contributed by atoms with Crippen LogP contribution >= 0.6 is 0 Å². The molecule has 7 nitrogen and oxygen atoms in total. The van der Waals surface area contributed by atoms with Crippen LogP contribution in [0.25, 0.3) is 0 Å². The predicted octanol–water partition coefficient (Wildman–Crippen LogP) is 4.58. The maximum Gasteiger partial charge on any atom is 0.274 e. The van der Waals surface area contributed by atoms with Crippen molar-refractivity contribution in [2.45, 2.75) is 96.3 Å². The molecule has 2 aliphatic carbocycles. The molecule has 0 aromatic carbocycles. The number of nitrogens with zero attached hydrogens (tertiary/aromatic N) is 4. The number of aliphatic hydroxyl groups excluding tert-OH is 1. The van der Waals surface area contributed by atoms with E-state index in [0.29, 0.717) is 62.8 Å². The molecule has 2 fully saturated rings. The van der Waals surface area contributed by atoms with Crippen LogP contribution in [0.2, 0.25) is 0 Å². The number of rotatable bonds is 7. The van der Waals surface area contributed by atoms with Crippen molar-refractivity contribution in [2.24, 2.45) is 11.8 Å². The summed E-state index contributed by atoms with van der Waals surface area (Å²) < 4.78 is 35.2. The number of halogens is 2. The lowest BCUT2D eigenvalue weighted by Gasteiger charge is -2.29. The zero-order valence-electron chi connectivity index (χ0n) is 21.6. The normalized spacial score (nSPS) is 24.8. The average molecular weight is 517 g/mol. The van der Waals surface area contributed by atoms with Gasteiger partial charge in [-0.3, -0.25) is 9.48 Å². The smallest absolute Gasteiger partial charge is 0.274 e. The summed E-state index contributed by atoms with van der Waals surface area (Å²) in [5, 5.41) is 14.5. The summed E-state index contributed by atoms with van der Waals surface area (Å²) in [6.07, 6.45) is 6.38. The molecule has 1 aliphatic heterocycles. The highest BCUT2D eigenvalue weighted by Gasteiger charge is 2.35. The Labute approximate surface area is 217 Å². The van der Waals surface area contributed by atoms with Crippen LogP contribution in [-0.2, 0) is 19.4 Å². The van der Waals surface area contributed by atoms with Gasteiger partial charge in [-0.15, -0.1) is 0 Å². The fourth-order valence-electron chi connectivity index (χ4n) is 6.09. The minimum atomic E-state index is -2.36. The van der Waals surface area contributed by atoms with Gasteiger partial charge in [-0.05, 0) is 83.1 Å². The number of hydrogen-bond donors (Lipinski definition) is 1. The first-order chi connectivity index (χ1) is 17.9. The zero-order chi connectivity index (χ0) is 25.9. The number of aliphatic hydroxyl groups is 1. The Balaban J connectivity index is 1.23. The summed E-state index contributed by atoms with van der Waals surface area (Å²) in [6, 6.07) is 3.91. The van der Waals surface area contributed by atoms with Crippen LogP contribution in [0.5, 0.6) is 5.88 Å². The lowest BCUT2D eigenvalue weighted by molar-refractivity contribution is 0.0539. The standard InChI is InChI=1S/C28H38F2N4O3/c1-18-3-2-13-31-27(18)37-22-7-4-19(5-8-22)10-16-34-24-17-20(26(29)30)6-9-23(24)25(32-34)28(36)33-14-11-21(35)12-15-33/h2-3,13,19-22,26,35H,4-12,14-17H2,1H3/t19-,20-,22+/m0/s1. The number of piperidine rings is 1. The van der Waals surface area contributed by atoms with Crippen molar-refractivity contribution >= 4 is 5.91 Å². The SMILES string of the molecule is Cc1cccnc1O[C@H]1CC[C@@H](CCn2nc(C(=O)N3CCC(O)CC3)c3c2C[C@@H](C(F)F)CC3)CC1. The van der Waals surface area contributed by atoms with Gasteiger partial charge in [0.05, 0.1) is 6.10 Å². The number of pyridine rings is 1. The second-order valence-corrected chi connectivity index (χ2v) is 11.0. The molecule has 0 spiro atoms. The van der Waals surface area contributed by atoms with Gasteiger partial charge < -0.3 is 14.7 Å². The van der Waals surface area contributed by atoms with Crippen molar-refractivity contribution in [3.8, 4) is 5.88 Å². The van der Waals surface area contributed by atoms with Crippen LogP contribution in [-0.4, -0.2) is 62.4 Å². The minimum absolute atomic E-state index is 0.125. The summed E-state index contributed by atoms with van der Waals surface area (Å²) in [5.74, 6) is 0.420. The van der Waals surface area contributed by atoms with Gasteiger partial charge >= 0.3 is 0 Å². The molecule has 3 aliphatic rings. The lowest BCUT2D eigenvalue weighted by atomic mass is 9.85. The second-order valence-electron chi connectivity index (χ2n) is 11.0. The fourth-order valence-corrected chi connectivity index (χ4v) is 6.09. The molecule has 202 valence electrons. The van der Waals surface area contributed by atoms with Crippen molar-refractivity contribution in [2.75, 3.05) is 13.1 Å². The Kier molecular flexibility index (Phi) is 8.07. The number of carbonyl (C=O) groups is 1. The maximum absolute atomic E-state index is 13.6. The van der Waals surface area contributed by atoms with Crippen LogP contribution in [0.1, 0.15) is 78.7 Å². The van der Waals surface area contributed by atoms with Crippen molar-refractivity contribution in [3.05, 3.63) is 40.8 Å². The zero-order valence-corrected chi connectivity index (χ0v) is 21.6. The van der Waals surface area contributed by atoms with Gasteiger partial charge in [0.1, 0.15) is 6.10 Å². The molecule has 0 unspecified atom stereocenters. The molecule has 2 aromatic rings. The highest BCUT2D eigenvalue weighted by molar-refractivity contribution is 5.94. The quantitative estimate of drug-likeness (QED) is 0.583. The van der Waals surface area contributed by atoms with E-state index in [1.807, 2.05) is 23.7 Å². The molecule has 1 atom stereocenters. The summed E-state index contributed by atoms with van der Waals surface area (Å²) in [6.45, 7) is 3.65. The third-order valence-corrected chi connectivity index (χ3v) is 8.48. The Hall–Kier alpha value is -2.55. The van der Waals surface area contributed by atoms with Gasteiger partial charge in [-0.25, -0.2) is 13.8 Å². The minimum Gasteiger partial charge on any atom is -0.474 e. The Morgan fingerprint density at radius 1 is 1.16 bits per heavy atom. The number of hydrogen-bond acceptors (Lipinski definition) is 5. The number of fused-ring (bicyclic) bond motifs is 1. The summed E-state index contributed by atoms with van der Waals surface area (Å²) in [4.78, 5) is 19.4. The van der Waals surface area contributed by atoms with Gasteiger partial charge in [0.25, 0.3) is 5.91 Å². The summed E-state index contributed by atoms with van der Waals surface area (Å²) in [7, 11) is 0. The van der Waals surface area contributed by atoms with E-state index in [1.54, 1.807) is 11.1 Å². The van der Waals surface area contributed by atoms with E-state index in [-0.39, 0.29) is 24.5 Å². The third-order valence-electron chi connectivity index (χ3n) is 8.48. The van der Waals surface area contributed by atoms with Crippen LogP contribution in [0.4, 0.5) is 8.78 Å². The van der Waals surface area contributed by atoms with Crippen LogP contribution < -0.4 is 4.74 Å². The number of carbonyl (C=O) groups excluding carboxylic acids is 1. The molecule has 1 saturated carbocycles. The van der Waals surface area contributed by atoms with E-state index in [4.69, 9.17) is 9.84 Å². The maximum atomic E-state index is 13.6. The molecule has 1 saturated heterocycles. The van der Waals surface area contributed by atoms with E-state index in [0.717, 1.165) is 48.9 Å². The van der Waals surface area contributed by atoms with E-state index in [2.05, 4.69) is 4.98 Å². The van der Waals surface area contributed by atoms with Crippen LogP contribution in [0.15, 0.2) is 18.3 Å². The van der Waals surface area contributed by atoms with E-state index >= 15 is 0 Å². The van der Waals surface area contributed by atoms with Gasteiger partial charge in [0, 0.05) is 48.6 Å². The third kappa shape index (κ3) is 5.97.